The first-order valence-corrected chi connectivity index (χ1v) is 8.44. The first-order chi connectivity index (χ1) is 12.7. The summed E-state index contributed by atoms with van der Waals surface area (Å²) in [4.78, 5) is 12.1. The molecule has 0 radical (unpaired) electrons. The number of rotatable bonds is 6. The summed E-state index contributed by atoms with van der Waals surface area (Å²) in [6, 6.07) is 24.0. The molecule has 0 aromatic heterocycles. The molecule has 3 rings (SSSR count). The van der Waals surface area contributed by atoms with Gasteiger partial charge in [-0.15, -0.1) is 0 Å². The van der Waals surface area contributed by atoms with Gasteiger partial charge in [0, 0.05) is 10.6 Å². The summed E-state index contributed by atoms with van der Waals surface area (Å²) in [5.74, 6) is 0.408. The molecular formula is C21H17ClN2O2. The molecule has 0 heterocycles. The highest BCUT2D eigenvalue weighted by Crippen LogP contribution is 2.14. The molecule has 130 valence electrons. The Kier molecular flexibility index (Phi) is 6.01. The van der Waals surface area contributed by atoms with Crippen LogP contribution in [0.4, 0.5) is 0 Å². The predicted octanol–water partition coefficient (Wildman–Crippen LogP) is 4.68. The SMILES string of the molecule is O=C(NN=Cc1cccc(Cl)c1)c1ccc(OCc2ccccc2)cc1. The van der Waals surface area contributed by atoms with E-state index < -0.39 is 0 Å². The maximum atomic E-state index is 12.1. The Morgan fingerprint density at radius 1 is 1.00 bits per heavy atom. The van der Waals surface area contributed by atoms with E-state index in [0.29, 0.717) is 22.9 Å². The van der Waals surface area contributed by atoms with Crippen molar-refractivity contribution >= 4 is 23.7 Å². The fourth-order valence-corrected chi connectivity index (χ4v) is 2.46. The smallest absolute Gasteiger partial charge is 0.271 e. The van der Waals surface area contributed by atoms with E-state index in [1.165, 1.54) is 0 Å². The quantitative estimate of drug-likeness (QED) is 0.510. The van der Waals surface area contributed by atoms with Gasteiger partial charge < -0.3 is 4.74 Å². The van der Waals surface area contributed by atoms with Gasteiger partial charge in [-0.25, -0.2) is 5.43 Å². The molecule has 0 unspecified atom stereocenters. The monoisotopic (exact) mass is 364 g/mol. The molecule has 26 heavy (non-hydrogen) atoms. The van der Waals surface area contributed by atoms with Gasteiger partial charge in [-0.1, -0.05) is 54.1 Å². The minimum atomic E-state index is -0.294. The highest BCUT2D eigenvalue weighted by molar-refractivity contribution is 6.30. The van der Waals surface area contributed by atoms with Crippen molar-refractivity contribution in [2.45, 2.75) is 6.61 Å². The summed E-state index contributed by atoms with van der Waals surface area (Å²) in [5.41, 5.74) is 4.89. The molecular weight excluding hydrogens is 348 g/mol. The molecule has 1 amide bonds. The Morgan fingerprint density at radius 3 is 2.50 bits per heavy atom. The maximum absolute atomic E-state index is 12.1. The standard InChI is InChI=1S/C21H17ClN2O2/c22-19-8-4-7-17(13-19)14-23-24-21(25)18-9-11-20(12-10-18)26-15-16-5-2-1-3-6-16/h1-14H,15H2,(H,24,25). The van der Waals surface area contributed by atoms with Crippen LogP contribution in [-0.4, -0.2) is 12.1 Å². The number of hydrazone groups is 1. The van der Waals surface area contributed by atoms with Gasteiger partial charge in [0.1, 0.15) is 12.4 Å². The fraction of sp³-hybridized carbons (Fsp3) is 0.0476. The van der Waals surface area contributed by atoms with Crippen LogP contribution in [0.2, 0.25) is 5.02 Å². The van der Waals surface area contributed by atoms with Gasteiger partial charge in [0.15, 0.2) is 0 Å². The van der Waals surface area contributed by atoms with Gasteiger partial charge in [-0.05, 0) is 47.5 Å². The molecule has 1 N–H and O–H groups in total. The maximum Gasteiger partial charge on any atom is 0.271 e. The third kappa shape index (κ3) is 5.19. The van der Waals surface area contributed by atoms with Crippen LogP contribution >= 0.6 is 11.6 Å². The van der Waals surface area contributed by atoms with Crippen molar-refractivity contribution in [3.8, 4) is 5.75 Å². The lowest BCUT2D eigenvalue weighted by Crippen LogP contribution is -2.17. The number of benzene rings is 3. The first-order valence-electron chi connectivity index (χ1n) is 8.06. The van der Waals surface area contributed by atoms with E-state index in [4.69, 9.17) is 16.3 Å². The van der Waals surface area contributed by atoms with Crippen LogP contribution in [-0.2, 0) is 6.61 Å². The minimum absolute atomic E-state index is 0.294. The zero-order valence-electron chi connectivity index (χ0n) is 13.9. The fourth-order valence-electron chi connectivity index (χ4n) is 2.26. The number of carbonyl (C=O) groups excluding carboxylic acids is 1. The summed E-state index contributed by atoms with van der Waals surface area (Å²) in [6.45, 7) is 0.482. The number of amides is 1. The zero-order valence-corrected chi connectivity index (χ0v) is 14.7. The number of carbonyl (C=O) groups is 1. The average Bonchev–Trinajstić information content (AvgIpc) is 2.67. The second-order valence-corrected chi connectivity index (χ2v) is 5.99. The van der Waals surface area contributed by atoms with Crippen LogP contribution in [0.25, 0.3) is 0 Å². The summed E-state index contributed by atoms with van der Waals surface area (Å²) >= 11 is 5.90. The lowest BCUT2D eigenvalue weighted by molar-refractivity contribution is 0.0955. The molecule has 3 aromatic rings. The first kappa shape index (κ1) is 17.7. The van der Waals surface area contributed by atoms with Crippen molar-refractivity contribution in [1.82, 2.24) is 5.43 Å². The van der Waals surface area contributed by atoms with Crippen molar-refractivity contribution in [1.29, 1.82) is 0 Å². The van der Waals surface area contributed by atoms with Gasteiger partial charge in [0.05, 0.1) is 6.21 Å². The summed E-state index contributed by atoms with van der Waals surface area (Å²) in [5, 5.41) is 4.56. The third-order valence-electron chi connectivity index (χ3n) is 3.59. The van der Waals surface area contributed by atoms with Crippen LogP contribution in [0.3, 0.4) is 0 Å². The van der Waals surface area contributed by atoms with Crippen LogP contribution < -0.4 is 10.2 Å². The molecule has 0 aliphatic carbocycles. The zero-order chi connectivity index (χ0) is 18.2. The minimum Gasteiger partial charge on any atom is -0.489 e. The Hall–Kier alpha value is -3.11. The van der Waals surface area contributed by atoms with Crippen molar-refractivity contribution in [2.24, 2.45) is 5.10 Å². The molecule has 0 atom stereocenters. The molecule has 3 aromatic carbocycles. The average molecular weight is 365 g/mol. The summed E-state index contributed by atoms with van der Waals surface area (Å²) < 4.78 is 5.70. The van der Waals surface area contributed by atoms with E-state index in [1.807, 2.05) is 42.5 Å². The second kappa shape index (κ2) is 8.83. The highest BCUT2D eigenvalue weighted by Gasteiger charge is 2.04. The molecule has 0 bridgehead atoms. The van der Waals surface area contributed by atoms with Crippen LogP contribution in [0.1, 0.15) is 21.5 Å². The number of hydrogen-bond donors (Lipinski definition) is 1. The second-order valence-electron chi connectivity index (χ2n) is 5.55. The predicted molar refractivity (Wildman–Crippen MR) is 104 cm³/mol. The number of halogens is 1. The molecule has 0 saturated heterocycles. The lowest BCUT2D eigenvalue weighted by atomic mass is 10.2. The van der Waals surface area contributed by atoms with Crippen molar-refractivity contribution < 1.29 is 9.53 Å². The van der Waals surface area contributed by atoms with Gasteiger partial charge in [-0.2, -0.15) is 5.10 Å². The van der Waals surface area contributed by atoms with Crippen LogP contribution in [0.5, 0.6) is 5.75 Å². The number of hydrogen-bond acceptors (Lipinski definition) is 3. The van der Waals surface area contributed by atoms with Gasteiger partial charge in [-0.3, -0.25) is 4.79 Å². The molecule has 5 heteroatoms. The van der Waals surface area contributed by atoms with Crippen molar-refractivity contribution in [3.63, 3.8) is 0 Å². The van der Waals surface area contributed by atoms with Crippen LogP contribution in [0.15, 0.2) is 84.0 Å². The lowest BCUT2D eigenvalue weighted by Gasteiger charge is -2.07. The Labute approximate surface area is 157 Å². The largest absolute Gasteiger partial charge is 0.489 e. The molecule has 0 spiro atoms. The number of ether oxygens (including phenoxy) is 1. The Balaban J connectivity index is 1.53. The number of nitrogens with zero attached hydrogens (tertiary/aromatic N) is 1. The van der Waals surface area contributed by atoms with E-state index in [2.05, 4.69) is 10.5 Å². The van der Waals surface area contributed by atoms with E-state index in [0.717, 1.165) is 11.1 Å². The summed E-state index contributed by atoms with van der Waals surface area (Å²) in [6.07, 6.45) is 1.54. The van der Waals surface area contributed by atoms with Crippen LogP contribution in [0, 0.1) is 0 Å². The van der Waals surface area contributed by atoms with Crippen molar-refractivity contribution in [3.05, 3.63) is 101 Å². The van der Waals surface area contributed by atoms with Gasteiger partial charge in [0.2, 0.25) is 0 Å². The normalized spacial score (nSPS) is 10.7. The Bertz CT molecular complexity index is 893. The van der Waals surface area contributed by atoms with Gasteiger partial charge in [0.25, 0.3) is 5.91 Å². The molecule has 4 nitrogen and oxygen atoms in total. The molecule has 0 aliphatic heterocycles. The number of nitrogens with one attached hydrogen (secondary N) is 1. The van der Waals surface area contributed by atoms with Gasteiger partial charge >= 0.3 is 0 Å². The highest BCUT2D eigenvalue weighted by atomic mass is 35.5. The summed E-state index contributed by atoms with van der Waals surface area (Å²) in [7, 11) is 0. The van der Waals surface area contributed by atoms with E-state index in [-0.39, 0.29) is 5.91 Å². The molecule has 0 aliphatic rings. The van der Waals surface area contributed by atoms with Crippen molar-refractivity contribution in [2.75, 3.05) is 0 Å². The topological polar surface area (TPSA) is 50.7 Å². The molecule has 0 fully saturated rings. The van der Waals surface area contributed by atoms with E-state index in [1.54, 1.807) is 42.6 Å². The van der Waals surface area contributed by atoms with E-state index >= 15 is 0 Å². The van der Waals surface area contributed by atoms with E-state index in [9.17, 15) is 4.79 Å². The molecule has 0 saturated carbocycles. The third-order valence-corrected chi connectivity index (χ3v) is 3.83. The Morgan fingerprint density at radius 2 is 1.77 bits per heavy atom.